The summed E-state index contributed by atoms with van der Waals surface area (Å²) in [6, 6.07) is 9.70. The molecular weight excluding hydrogens is 442 g/mol. The third-order valence-electron chi connectivity index (χ3n) is 5.85. The zero-order valence-electron chi connectivity index (χ0n) is 18.3. The number of anilines is 2. The van der Waals surface area contributed by atoms with Crippen LogP contribution in [0.2, 0.25) is 0 Å². The number of nitrogens with zero attached hydrogens (tertiary/aromatic N) is 3. The lowest BCUT2D eigenvalue weighted by Crippen LogP contribution is -2.48. The summed E-state index contributed by atoms with van der Waals surface area (Å²) < 4.78 is 11.1. The van der Waals surface area contributed by atoms with E-state index in [1.54, 1.807) is 49.6 Å². The number of carbonyl (C=O) groups is 3. The Morgan fingerprint density at radius 2 is 1.73 bits per heavy atom. The molecule has 1 aromatic heterocycles. The summed E-state index contributed by atoms with van der Waals surface area (Å²) in [5, 5.41) is 2.89. The quantitative estimate of drug-likeness (QED) is 0.551. The smallest absolute Gasteiger partial charge is 0.265 e. The zero-order chi connectivity index (χ0) is 23.3. The molecule has 8 nitrogen and oxygen atoms in total. The third-order valence-corrected chi connectivity index (χ3v) is 6.62. The number of ether oxygens (including phenoxy) is 2. The van der Waals surface area contributed by atoms with E-state index < -0.39 is 6.04 Å². The fourth-order valence-electron chi connectivity index (χ4n) is 4.03. The van der Waals surface area contributed by atoms with E-state index in [0.717, 1.165) is 16.3 Å². The number of aromatic nitrogens is 1. The number of aryl methyl sites for hydroxylation is 1. The van der Waals surface area contributed by atoms with Gasteiger partial charge in [-0.25, -0.2) is 4.98 Å². The molecule has 3 aromatic rings. The second-order valence-corrected chi connectivity index (χ2v) is 9.01. The lowest BCUT2D eigenvalue weighted by molar-refractivity contribution is -0.122. The summed E-state index contributed by atoms with van der Waals surface area (Å²) in [5.41, 5.74) is 3.09. The molecule has 1 atom stereocenters. The maximum atomic E-state index is 13.4. The van der Waals surface area contributed by atoms with Gasteiger partial charge in [-0.2, -0.15) is 0 Å². The number of Topliss-reactive ketones (excluding diaryl/α,β-unsaturated/α-hetero) is 1. The highest BCUT2D eigenvalue weighted by Gasteiger charge is 2.34. The Hall–Kier alpha value is -3.72. The minimum Gasteiger partial charge on any atom is -0.482 e. The van der Waals surface area contributed by atoms with Gasteiger partial charge in [0.05, 0.1) is 28.1 Å². The van der Waals surface area contributed by atoms with Gasteiger partial charge in [-0.05, 0) is 50.2 Å². The van der Waals surface area contributed by atoms with Crippen LogP contribution < -0.4 is 19.3 Å². The van der Waals surface area contributed by atoms with Crippen molar-refractivity contribution in [1.82, 2.24) is 4.98 Å². The van der Waals surface area contributed by atoms with Crippen molar-refractivity contribution in [2.75, 3.05) is 30.1 Å². The van der Waals surface area contributed by atoms with Crippen molar-refractivity contribution in [2.45, 2.75) is 19.9 Å². The minimum absolute atomic E-state index is 0.0346. The van der Waals surface area contributed by atoms with Crippen LogP contribution in [0.1, 0.15) is 22.3 Å². The zero-order valence-corrected chi connectivity index (χ0v) is 19.1. The number of carbonyl (C=O) groups excluding carboxylic acids is 3. The van der Waals surface area contributed by atoms with Gasteiger partial charge < -0.3 is 14.4 Å². The number of hydrogen-bond acceptors (Lipinski definition) is 7. The predicted molar refractivity (Wildman–Crippen MR) is 124 cm³/mol. The van der Waals surface area contributed by atoms with Crippen molar-refractivity contribution in [3.8, 4) is 22.8 Å². The van der Waals surface area contributed by atoms with Gasteiger partial charge in [0.15, 0.2) is 19.0 Å². The van der Waals surface area contributed by atoms with Gasteiger partial charge in [0.1, 0.15) is 11.5 Å². The van der Waals surface area contributed by atoms with Crippen LogP contribution in [0.15, 0.2) is 41.8 Å². The molecule has 3 heterocycles. The van der Waals surface area contributed by atoms with Crippen LogP contribution in [0.25, 0.3) is 11.3 Å². The number of benzene rings is 2. The molecule has 5 rings (SSSR count). The Balaban J connectivity index is 1.50. The summed E-state index contributed by atoms with van der Waals surface area (Å²) in [4.78, 5) is 45.8. The maximum Gasteiger partial charge on any atom is 0.265 e. The summed E-state index contributed by atoms with van der Waals surface area (Å²) in [6.45, 7) is 3.45. The largest absolute Gasteiger partial charge is 0.482 e. The Bertz CT molecular complexity index is 1300. The molecule has 2 aliphatic rings. The Labute approximate surface area is 194 Å². The number of ketones is 1. The lowest BCUT2D eigenvalue weighted by Gasteiger charge is -2.34. The van der Waals surface area contributed by atoms with Gasteiger partial charge in [0, 0.05) is 23.6 Å². The highest BCUT2D eigenvalue weighted by atomic mass is 32.1. The molecular formula is C24H21N3O5S. The van der Waals surface area contributed by atoms with Crippen molar-refractivity contribution in [3.05, 3.63) is 52.3 Å². The van der Waals surface area contributed by atoms with Crippen LogP contribution in [0.3, 0.4) is 0 Å². The van der Waals surface area contributed by atoms with E-state index in [1.165, 1.54) is 9.80 Å². The lowest BCUT2D eigenvalue weighted by atomic mass is 10.0. The first-order valence-corrected chi connectivity index (χ1v) is 11.3. The van der Waals surface area contributed by atoms with Crippen LogP contribution in [0.5, 0.6) is 11.5 Å². The molecule has 0 radical (unpaired) electrons. The third kappa shape index (κ3) is 3.64. The molecule has 0 spiro atoms. The molecule has 2 aliphatic heterocycles. The first-order chi connectivity index (χ1) is 15.8. The van der Waals surface area contributed by atoms with Gasteiger partial charge in [0.2, 0.25) is 0 Å². The molecule has 33 heavy (non-hydrogen) atoms. The fraction of sp³-hybridized carbons (Fsp3) is 0.250. The van der Waals surface area contributed by atoms with Crippen LogP contribution in [0.4, 0.5) is 11.4 Å². The molecule has 0 fully saturated rings. The number of rotatable bonds is 4. The molecule has 1 unspecified atom stereocenters. The molecule has 0 N–H and O–H groups in total. The van der Waals surface area contributed by atoms with Crippen molar-refractivity contribution in [1.29, 1.82) is 0 Å². The Morgan fingerprint density at radius 1 is 1.03 bits per heavy atom. The van der Waals surface area contributed by atoms with E-state index in [-0.39, 0.29) is 30.8 Å². The average molecular weight is 464 g/mol. The molecule has 2 amide bonds. The second kappa shape index (κ2) is 8.00. The fourth-order valence-corrected chi connectivity index (χ4v) is 4.66. The summed E-state index contributed by atoms with van der Waals surface area (Å²) in [5.74, 6) is 0.331. The van der Waals surface area contributed by atoms with Crippen molar-refractivity contribution >= 4 is 40.3 Å². The SMILES string of the molecule is Cc1nc(-c2ccc3c(c2)N(C(C)C(=O)c2ccc4c(c2)N(C)C(=O)CO4)C(=O)CO3)cs1. The molecule has 9 heteroatoms. The van der Waals surface area contributed by atoms with E-state index in [2.05, 4.69) is 4.98 Å². The molecule has 0 bridgehead atoms. The van der Waals surface area contributed by atoms with Gasteiger partial charge >= 0.3 is 0 Å². The normalized spacial score (nSPS) is 16.0. The summed E-state index contributed by atoms with van der Waals surface area (Å²) >= 11 is 1.54. The summed E-state index contributed by atoms with van der Waals surface area (Å²) in [7, 11) is 1.64. The standard InChI is InChI=1S/C24H21N3O5S/c1-13(24(30)16-5-7-20-18(9-16)26(3)22(28)10-31-20)27-19-8-15(17-12-33-14(2)25-17)4-6-21(19)32-11-23(27)29/h4-9,12-13H,10-11H2,1-3H3. The topological polar surface area (TPSA) is 89.0 Å². The first-order valence-electron chi connectivity index (χ1n) is 10.4. The minimum atomic E-state index is -0.781. The summed E-state index contributed by atoms with van der Waals surface area (Å²) in [6.07, 6.45) is 0. The van der Waals surface area contributed by atoms with Gasteiger partial charge in [0.25, 0.3) is 11.8 Å². The van der Waals surface area contributed by atoms with Gasteiger partial charge in [-0.15, -0.1) is 11.3 Å². The Kier molecular flexibility index (Phi) is 5.13. The highest BCUT2D eigenvalue weighted by molar-refractivity contribution is 7.09. The average Bonchev–Trinajstić information content (AvgIpc) is 3.26. The second-order valence-electron chi connectivity index (χ2n) is 7.95. The number of hydrogen-bond donors (Lipinski definition) is 0. The molecule has 2 aromatic carbocycles. The van der Waals surface area contributed by atoms with E-state index >= 15 is 0 Å². The van der Waals surface area contributed by atoms with Crippen molar-refractivity contribution < 1.29 is 23.9 Å². The number of likely N-dealkylation sites (N-methyl/N-ethyl adjacent to an activating group) is 1. The number of thiazole rings is 1. The van der Waals surface area contributed by atoms with Crippen LogP contribution in [0, 0.1) is 6.92 Å². The maximum absolute atomic E-state index is 13.4. The van der Waals surface area contributed by atoms with E-state index in [0.29, 0.717) is 28.4 Å². The van der Waals surface area contributed by atoms with Gasteiger partial charge in [-0.1, -0.05) is 0 Å². The van der Waals surface area contributed by atoms with Crippen LogP contribution >= 0.6 is 11.3 Å². The predicted octanol–water partition coefficient (Wildman–Crippen LogP) is 3.47. The monoisotopic (exact) mass is 463 g/mol. The van der Waals surface area contributed by atoms with Crippen LogP contribution in [-0.4, -0.2) is 48.9 Å². The molecule has 0 aliphatic carbocycles. The highest BCUT2D eigenvalue weighted by Crippen LogP contribution is 2.38. The first kappa shape index (κ1) is 21.1. The Morgan fingerprint density at radius 3 is 2.45 bits per heavy atom. The van der Waals surface area contributed by atoms with E-state index in [9.17, 15) is 14.4 Å². The number of amides is 2. The molecule has 168 valence electrons. The van der Waals surface area contributed by atoms with Crippen molar-refractivity contribution in [2.24, 2.45) is 0 Å². The van der Waals surface area contributed by atoms with Crippen molar-refractivity contribution in [3.63, 3.8) is 0 Å². The van der Waals surface area contributed by atoms with E-state index in [1.807, 2.05) is 24.4 Å². The molecule has 0 saturated heterocycles. The molecule has 0 saturated carbocycles. The van der Waals surface area contributed by atoms with E-state index in [4.69, 9.17) is 9.47 Å². The van der Waals surface area contributed by atoms with Gasteiger partial charge in [-0.3, -0.25) is 19.3 Å². The number of fused-ring (bicyclic) bond motifs is 2. The van der Waals surface area contributed by atoms with Crippen LogP contribution in [-0.2, 0) is 9.59 Å².